The van der Waals surface area contributed by atoms with Crippen LogP contribution in [0.3, 0.4) is 0 Å². The van der Waals surface area contributed by atoms with E-state index in [1.54, 1.807) is 24.4 Å². The molecule has 1 atom stereocenters. The highest BCUT2D eigenvalue weighted by atomic mass is 79.9. The maximum Gasteiger partial charge on any atom is 0.263 e. The molecule has 2 N–H and O–H groups in total. The van der Waals surface area contributed by atoms with Crippen LogP contribution in [0.4, 0.5) is 26.2 Å². The zero-order valence-corrected chi connectivity index (χ0v) is 33.2. The topological polar surface area (TPSA) is 159 Å². The average molecular weight is 842 g/mol. The minimum atomic E-state index is -1.02. The zero-order valence-electron chi connectivity index (χ0n) is 31.6. The molecule has 5 aromatic rings. The monoisotopic (exact) mass is 840 g/mol. The molecule has 14 nitrogen and oxygen atoms in total. The molecule has 2 aromatic carbocycles. The van der Waals surface area contributed by atoms with Gasteiger partial charge >= 0.3 is 0 Å². The Morgan fingerprint density at radius 2 is 1.74 bits per heavy atom. The highest BCUT2D eigenvalue weighted by Crippen LogP contribution is 2.36. The van der Waals surface area contributed by atoms with Crippen LogP contribution in [0, 0.1) is 18.6 Å². The van der Waals surface area contributed by atoms with Crippen molar-refractivity contribution in [3.63, 3.8) is 0 Å². The van der Waals surface area contributed by atoms with Crippen LogP contribution in [0.5, 0.6) is 0 Å². The largest absolute Gasteiger partial charge is 0.370 e. The summed E-state index contributed by atoms with van der Waals surface area (Å²) >= 11 is 3.59. The van der Waals surface area contributed by atoms with E-state index in [1.165, 1.54) is 6.07 Å². The van der Waals surface area contributed by atoms with Crippen molar-refractivity contribution in [3.05, 3.63) is 87.4 Å². The van der Waals surface area contributed by atoms with Gasteiger partial charge in [0, 0.05) is 48.2 Å². The van der Waals surface area contributed by atoms with E-state index in [0.29, 0.717) is 28.2 Å². The number of nitrogens with zero attached hydrogens (tertiary/aromatic N) is 8. The number of imide groups is 2. The van der Waals surface area contributed by atoms with Gasteiger partial charge in [0.15, 0.2) is 11.6 Å². The quantitative estimate of drug-likeness (QED) is 0.166. The number of aryl methyl sites for hydroxylation is 1. The summed E-state index contributed by atoms with van der Waals surface area (Å²) in [5, 5.41) is 5.26. The normalized spacial score (nSPS) is 17.7. The van der Waals surface area contributed by atoms with Crippen LogP contribution in [0.1, 0.15) is 77.7 Å². The second-order valence-electron chi connectivity index (χ2n) is 14.9. The molecule has 2 saturated heterocycles. The third-order valence-corrected chi connectivity index (χ3v) is 11.9. The van der Waals surface area contributed by atoms with E-state index in [2.05, 4.69) is 56.3 Å². The lowest BCUT2D eigenvalue weighted by Crippen LogP contribution is -2.54. The number of rotatable bonds is 9. The minimum absolute atomic E-state index is 0.0238. The number of nitrogens with one attached hydrogen (secondary N) is 2. The van der Waals surface area contributed by atoms with Crippen LogP contribution in [0.25, 0.3) is 22.3 Å². The molecule has 4 amide bonds. The maximum atomic E-state index is 15.2. The molecule has 0 saturated carbocycles. The van der Waals surface area contributed by atoms with Crippen LogP contribution in [0.2, 0.25) is 0 Å². The van der Waals surface area contributed by atoms with E-state index in [0.717, 1.165) is 48.3 Å². The van der Waals surface area contributed by atoms with Crippen LogP contribution in [-0.2, 0) is 16.1 Å². The number of hydrogen-bond donors (Lipinski definition) is 2. The van der Waals surface area contributed by atoms with Crippen molar-refractivity contribution in [2.45, 2.75) is 71.1 Å². The number of carbonyl (C=O) groups excluding carboxylic acids is 4. The second kappa shape index (κ2) is 15.0. The van der Waals surface area contributed by atoms with Crippen LogP contribution in [0.15, 0.2) is 53.3 Å². The van der Waals surface area contributed by atoms with Crippen LogP contribution >= 0.6 is 15.9 Å². The molecule has 2 fully saturated rings. The lowest BCUT2D eigenvalue weighted by Gasteiger charge is -2.38. The van der Waals surface area contributed by atoms with Gasteiger partial charge < -0.3 is 14.8 Å². The van der Waals surface area contributed by atoms with E-state index >= 15 is 8.78 Å². The molecule has 0 aliphatic carbocycles. The van der Waals surface area contributed by atoms with Crippen molar-refractivity contribution in [1.82, 2.24) is 39.6 Å². The van der Waals surface area contributed by atoms with Crippen molar-refractivity contribution < 1.29 is 28.0 Å². The summed E-state index contributed by atoms with van der Waals surface area (Å²) in [6.07, 6.45) is 4.71. The highest BCUT2D eigenvalue weighted by molar-refractivity contribution is 9.10. The summed E-state index contributed by atoms with van der Waals surface area (Å²) in [4.78, 5) is 73.7. The Kier molecular flexibility index (Phi) is 10.1. The SMILES string of the molecule is Cc1nc2c(F)cc(-c3nc(Nc4ccc(N5CCC(N(C)Cc6ccc7c(c6Br)C(=O)N(C6CCC(=O)NC6=O)C7=O)CC5)cn4)ncc3F)cc2n1C(C)C. The first kappa shape index (κ1) is 38.2. The molecule has 0 radical (unpaired) electrons. The molecule has 0 bridgehead atoms. The molecule has 6 heterocycles. The van der Waals surface area contributed by atoms with Gasteiger partial charge in [0.1, 0.15) is 28.9 Å². The Hall–Kier alpha value is -5.68. The summed E-state index contributed by atoms with van der Waals surface area (Å²) < 4.78 is 32.6. The molecule has 1 unspecified atom stereocenters. The van der Waals surface area contributed by atoms with Gasteiger partial charge in [0.25, 0.3) is 11.8 Å². The van der Waals surface area contributed by atoms with E-state index in [4.69, 9.17) is 0 Å². The number of pyridine rings is 1. The van der Waals surface area contributed by atoms with Gasteiger partial charge in [-0.05, 0) is 98.9 Å². The van der Waals surface area contributed by atoms with Gasteiger partial charge in [-0.2, -0.15) is 0 Å². The molecule has 3 aliphatic heterocycles. The summed E-state index contributed by atoms with van der Waals surface area (Å²) in [6, 6.07) is 9.39. The van der Waals surface area contributed by atoms with Gasteiger partial charge in [0.05, 0.1) is 34.7 Å². The van der Waals surface area contributed by atoms with Crippen molar-refractivity contribution in [1.29, 1.82) is 0 Å². The fourth-order valence-corrected chi connectivity index (χ4v) is 8.73. The fourth-order valence-electron chi connectivity index (χ4n) is 8.09. The van der Waals surface area contributed by atoms with Gasteiger partial charge in [-0.15, -0.1) is 0 Å². The number of imidazole rings is 1. The number of hydrogen-bond acceptors (Lipinski definition) is 11. The summed E-state index contributed by atoms with van der Waals surface area (Å²) in [5.41, 5.74) is 3.26. The zero-order chi connectivity index (χ0) is 40.3. The Morgan fingerprint density at radius 1 is 0.965 bits per heavy atom. The Labute approximate surface area is 334 Å². The Morgan fingerprint density at radius 3 is 2.44 bits per heavy atom. The molecule has 0 spiro atoms. The minimum Gasteiger partial charge on any atom is -0.370 e. The average Bonchev–Trinajstić information content (AvgIpc) is 3.66. The molecule has 8 rings (SSSR count). The number of benzene rings is 2. The lowest BCUT2D eigenvalue weighted by molar-refractivity contribution is -0.136. The molecule has 3 aromatic heterocycles. The van der Waals surface area contributed by atoms with Gasteiger partial charge in [0.2, 0.25) is 17.8 Å². The van der Waals surface area contributed by atoms with Crippen molar-refractivity contribution in [2.75, 3.05) is 30.4 Å². The number of amides is 4. The third-order valence-electron chi connectivity index (χ3n) is 10.9. The fraction of sp³-hybridized carbons (Fsp3) is 0.350. The Balaban J connectivity index is 0.892. The standard InChI is InChI=1S/C40H39BrF2N10O4/c1-20(2)52-21(3)46-36-27(42)15-23(16-30(36)52)35-28(43)18-45-40(49-35)47-31-9-6-25(17-44-31)51-13-11-24(12-14-51)50(4)19-22-5-7-26-33(34(22)41)39(57)53(38(26)56)29-8-10-32(54)48-37(29)55/h5-7,9,15-18,20,24,29H,8,10-14,19H2,1-4H3,(H,48,54,55)(H,44,45,47,49). The molecule has 294 valence electrons. The second-order valence-corrected chi connectivity index (χ2v) is 15.7. The van der Waals surface area contributed by atoms with E-state index in [1.807, 2.05) is 44.5 Å². The molecule has 3 aliphatic rings. The van der Waals surface area contributed by atoms with Crippen LogP contribution in [-0.4, -0.2) is 90.2 Å². The first-order valence-electron chi connectivity index (χ1n) is 18.7. The van der Waals surface area contributed by atoms with E-state index in [-0.39, 0.29) is 58.8 Å². The summed E-state index contributed by atoms with van der Waals surface area (Å²) in [6.45, 7) is 7.85. The lowest BCUT2D eigenvalue weighted by atomic mass is 10.0. The maximum absolute atomic E-state index is 15.2. The van der Waals surface area contributed by atoms with Crippen molar-refractivity contribution in [2.24, 2.45) is 0 Å². The first-order chi connectivity index (χ1) is 27.3. The predicted octanol–water partition coefficient (Wildman–Crippen LogP) is 6.06. The number of carbonyl (C=O) groups is 4. The van der Waals surface area contributed by atoms with Gasteiger partial charge in [-0.3, -0.25) is 34.3 Å². The van der Waals surface area contributed by atoms with Crippen molar-refractivity contribution in [3.8, 4) is 11.3 Å². The number of piperidine rings is 2. The number of halogens is 3. The predicted molar refractivity (Wildman–Crippen MR) is 211 cm³/mol. The Bertz CT molecular complexity index is 2470. The van der Waals surface area contributed by atoms with Crippen LogP contribution < -0.4 is 15.5 Å². The van der Waals surface area contributed by atoms with Gasteiger partial charge in [-0.1, -0.05) is 6.07 Å². The summed E-state index contributed by atoms with van der Waals surface area (Å²) in [7, 11) is 2.03. The van der Waals surface area contributed by atoms with E-state index in [9.17, 15) is 19.2 Å². The first-order valence-corrected chi connectivity index (χ1v) is 19.5. The van der Waals surface area contributed by atoms with Gasteiger partial charge in [-0.25, -0.2) is 28.7 Å². The molecular formula is C40H39BrF2N10O4. The highest BCUT2D eigenvalue weighted by Gasteiger charge is 2.46. The molecule has 57 heavy (non-hydrogen) atoms. The number of anilines is 3. The molecule has 17 heteroatoms. The number of aromatic nitrogens is 5. The molecular weight excluding hydrogens is 802 g/mol. The van der Waals surface area contributed by atoms with E-state index < -0.39 is 41.3 Å². The number of fused-ring (bicyclic) bond motifs is 2. The third kappa shape index (κ3) is 7.03. The smallest absolute Gasteiger partial charge is 0.263 e. The van der Waals surface area contributed by atoms with Crippen molar-refractivity contribution >= 4 is 68.0 Å². The summed E-state index contributed by atoms with van der Waals surface area (Å²) in [5.74, 6) is -2.16.